The van der Waals surface area contributed by atoms with Crippen LogP contribution in [-0.4, -0.2) is 46.8 Å². The maximum Gasteiger partial charge on any atom is 0.378 e. The van der Waals surface area contributed by atoms with E-state index in [9.17, 15) is 28.3 Å². The number of phenolic OH excluding ortho intramolecular Hbond substituents is 1. The number of rotatable bonds is 7. The molecular weight excluding hydrogens is 584 g/mol. The van der Waals surface area contributed by atoms with Gasteiger partial charge in [0.15, 0.2) is 12.7 Å². The van der Waals surface area contributed by atoms with Crippen molar-refractivity contribution in [2.75, 3.05) is 6.61 Å². The number of carboxylic acids is 1. The van der Waals surface area contributed by atoms with Crippen molar-refractivity contribution in [2.24, 2.45) is 5.92 Å². The fraction of sp³-hybridized carbons (Fsp3) is 0.400. The van der Waals surface area contributed by atoms with E-state index in [4.69, 9.17) is 5.11 Å². The number of aliphatic carboxylic acids is 1. The van der Waals surface area contributed by atoms with Gasteiger partial charge >= 0.3 is 23.8 Å². The molecule has 26 heavy (non-hydrogen) atoms. The molecule has 0 spiro atoms. The summed E-state index contributed by atoms with van der Waals surface area (Å²) in [7, 11) is 0. The number of carbonyl (C=O) groups excluding carboxylic acids is 2. The molecule has 1 atom stereocenters. The van der Waals surface area contributed by atoms with Crippen LogP contribution in [0.25, 0.3) is 0 Å². The molecule has 1 aromatic rings. The van der Waals surface area contributed by atoms with Crippen LogP contribution in [0.5, 0.6) is 5.75 Å². The van der Waals surface area contributed by atoms with E-state index in [0.29, 0.717) is 7.14 Å². The van der Waals surface area contributed by atoms with Gasteiger partial charge in [-0.15, -0.1) is 0 Å². The van der Waals surface area contributed by atoms with Crippen molar-refractivity contribution < 1.29 is 42.9 Å². The summed E-state index contributed by atoms with van der Waals surface area (Å²) < 4.78 is 37.4. The first-order chi connectivity index (χ1) is 11.9. The minimum atomic E-state index is -4.29. The monoisotopic (exact) mass is 598 g/mol. The molecule has 11 heteroatoms. The number of alkyl halides is 2. The van der Waals surface area contributed by atoms with Crippen LogP contribution in [-0.2, 0) is 19.1 Å². The average molecular weight is 598 g/mol. The number of esters is 2. The lowest BCUT2D eigenvalue weighted by atomic mass is 10.0. The van der Waals surface area contributed by atoms with Crippen LogP contribution in [0, 0.1) is 13.1 Å². The molecule has 0 fully saturated rings. The second kappa shape index (κ2) is 9.10. The molecule has 2 N–H and O–H groups in total. The van der Waals surface area contributed by atoms with Gasteiger partial charge in [-0.1, -0.05) is 13.8 Å². The van der Waals surface area contributed by atoms with E-state index in [1.54, 1.807) is 28.7 Å². The van der Waals surface area contributed by atoms with Crippen molar-refractivity contribution in [1.82, 2.24) is 0 Å². The molecule has 0 bridgehead atoms. The third-order valence-electron chi connectivity index (χ3n) is 3.08. The molecule has 0 saturated carbocycles. The molecule has 0 saturated heterocycles. The summed E-state index contributed by atoms with van der Waals surface area (Å²) in [5.41, 5.74) is -0.203. The van der Waals surface area contributed by atoms with E-state index in [1.165, 1.54) is 19.9 Å². The Bertz CT molecular complexity index is 722. The van der Waals surface area contributed by atoms with Crippen LogP contribution < -0.4 is 0 Å². The second-order valence-electron chi connectivity index (χ2n) is 5.44. The van der Waals surface area contributed by atoms with Gasteiger partial charge in [0.1, 0.15) is 11.3 Å². The number of phenols is 1. The molecule has 7 nitrogen and oxygen atoms in total. The zero-order valence-corrected chi connectivity index (χ0v) is 17.8. The van der Waals surface area contributed by atoms with E-state index in [-0.39, 0.29) is 11.3 Å². The molecular formula is C15H14F2I2O7. The molecule has 0 aliphatic carbocycles. The summed E-state index contributed by atoms with van der Waals surface area (Å²) in [5.74, 6) is -10.5. The first kappa shape index (κ1) is 22.8. The number of carbonyl (C=O) groups is 3. The fourth-order valence-electron chi connectivity index (χ4n) is 1.85. The Balaban J connectivity index is 2.80. The van der Waals surface area contributed by atoms with Gasteiger partial charge in [-0.2, -0.15) is 8.78 Å². The topological polar surface area (TPSA) is 110 Å². The maximum atomic E-state index is 13.6. The second-order valence-corrected chi connectivity index (χ2v) is 7.85. The molecule has 0 aliphatic heterocycles. The lowest BCUT2D eigenvalue weighted by Gasteiger charge is -2.26. The molecule has 0 amide bonds. The van der Waals surface area contributed by atoms with Crippen molar-refractivity contribution in [1.29, 1.82) is 0 Å². The smallest absolute Gasteiger partial charge is 0.378 e. The number of ether oxygens (including phenoxy) is 2. The van der Waals surface area contributed by atoms with Crippen molar-refractivity contribution in [3.05, 3.63) is 24.8 Å². The first-order valence-electron chi connectivity index (χ1n) is 7.03. The van der Waals surface area contributed by atoms with Crippen LogP contribution in [0.2, 0.25) is 0 Å². The summed E-state index contributed by atoms with van der Waals surface area (Å²) in [6.45, 7) is 1.50. The summed E-state index contributed by atoms with van der Waals surface area (Å²) in [6, 6.07) is 2.92. The number of carboxylic acid groups (broad SMARTS) is 1. The predicted molar refractivity (Wildman–Crippen MR) is 101 cm³/mol. The maximum absolute atomic E-state index is 13.6. The first-order valence-corrected chi connectivity index (χ1v) is 9.19. The normalized spacial score (nSPS) is 12.6. The molecule has 0 radical (unpaired) electrons. The third kappa shape index (κ3) is 5.62. The fourth-order valence-corrected chi connectivity index (χ4v) is 3.69. The van der Waals surface area contributed by atoms with Crippen LogP contribution in [0.3, 0.4) is 0 Å². The van der Waals surface area contributed by atoms with Gasteiger partial charge in [0.2, 0.25) is 0 Å². The lowest BCUT2D eigenvalue weighted by molar-refractivity contribution is -0.200. The van der Waals surface area contributed by atoms with Gasteiger partial charge < -0.3 is 19.7 Å². The van der Waals surface area contributed by atoms with E-state index < -0.39 is 42.5 Å². The van der Waals surface area contributed by atoms with Gasteiger partial charge in [0.05, 0.1) is 3.57 Å². The predicted octanol–water partition coefficient (Wildman–Crippen LogP) is 3.05. The van der Waals surface area contributed by atoms with Crippen LogP contribution >= 0.6 is 45.2 Å². The summed E-state index contributed by atoms with van der Waals surface area (Å²) in [6.07, 6.45) is -2.22. The summed E-state index contributed by atoms with van der Waals surface area (Å²) >= 11 is 3.70. The van der Waals surface area contributed by atoms with E-state index in [1.807, 2.05) is 22.6 Å². The largest absolute Gasteiger partial charge is 0.506 e. The Kier molecular flexibility index (Phi) is 7.98. The number of hydrogen-bond acceptors (Lipinski definition) is 6. The number of hydrogen-bond donors (Lipinski definition) is 2. The quantitative estimate of drug-likeness (QED) is 0.367. The standard InChI is InChI=1S/C15H14F2I2O7/c1-6(2)12(15(16,17)14(23)24)26-10(20)5-25-13(22)8-3-7(18)4-9(19)11(8)21/h3-4,6,12,21H,5H2,1-2H3,(H,23,24). The van der Waals surface area contributed by atoms with Gasteiger partial charge in [0.25, 0.3) is 0 Å². The van der Waals surface area contributed by atoms with Crippen molar-refractivity contribution >= 4 is 63.1 Å². The molecule has 0 aliphatic rings. The van der Waals surface area contributed by atoms with Crippen LogP contribution in [0.15, 0.2) is 12.1 Å². The lowest BCUT2D eigenvalue weighted by Crippen LogP contribution is -2.47. The van der Waals surface area contributed by atoms with Crippen LogP contribution in [0.4, 0.5) is 8.78 Å². The molecule has 144 valence electrons. The Morgan fingerprint density at radius 2 is 1.81 bits per heavy atom. The molecule has 0 heterocycles. The Hall–Kier alpha value is -1.25. The summed E-state index contributed by atoms with van der Waals surface area (Å²) in [5, 5.41) is 18.4. The SMILES string of the molecule is CC(C)C(OC(=O)COC(=O)c1cc(I)cc(I)c1O)C(F)(F)C(=O)O. The van der Waals surface area contributed by atoms with E-state index in [2.05, 4.69) is 9.47 Å². The van der Waals surface area contributed by atoms with Crippen molar-refractivity contribution in [3.8, 4) is 5.75 Å². The van der Waals surface area contributed by atoms with E-state index in [0.717, 1.165) is 0 Å². The zero-order valence-electron chi connectivity index (χ0n) is 13.5. The van der Waals surface area contributed by atoms with Gasteiger partial charge in [-0.25, -0.2) is 14.4 Å². The number of benzene rings is 1. The minimum Gasteiger partial charge on any atom is -0.506 e. The average Bonchev–Trinajstić information content (AvgIpc) is 2.52. The molecule has 1 aromatic carbocycles. The number of halogens is 4. The van der Waals surface area contributed by atoms with Crippen LogP contribution in [0.1, 0.15) is 24.2 Å². The van der Waals surface area contributed by atoms with Crippen molar-refractivity contribution in [3.63, 3.8) is 0 Å². The van der Waals surface area contributed by atoms with Gasteiger partial charge in [-0.3, -0.25) is 0 Å². The summed E-state index contributed by atoms with van der Waals surface area (Å²) in [4.78, 5) is 34.3. The Labute approximate surface area is 174 Å². The van der Waals surface area contributed by atoms with Crippen molar-refractivity contribution in [2.45, 2.75) is 25.9 Å². The highest BCUT2D eigenvalue weighted by Gasteiger charge is 2.51. The highest BCUT2D eigenvalue weighted by molar-refractivity contribution is 14.1. The molecule has 1 rings (SSSR count). The van der Waals surface area contributed by atoms with Gasteiger partial charge in [0, 0.05) is 3.57 Å². The molecule has 0 aromatic heterocycles. The highest BCUT2D eigenvalue weighted by Crippen LogP contribution is 2.29. The highest BCUT2D eigenvalue weighted by atomic mass is 127. The zero-order chi connectivity index (χ0) is 20.2. The van der Waals surface area contributed by atoms with Gasteiger partial charge in [-0.05, 0) is 63.2 Å². The third-order valence-corrected chi connectivity index (χ3v) is 4.52. The van der Waals surface area contributed by atoms with E-state index >= 15 is 0 Å². The Morgan fingerprint density at radius 3 is 2.31 bits per heavy atom. The molecule has 1 unspecified atom stereocenters. The Morgan fingerprint density at radius 1 is 1.23 bits per heavy atom. The number of aromatic hydroxyl groups is 1. The minimum absolute atomic E-state index is 0.203.